The fourth-order valence-electron chi connectivity index (χ4n) is 2.36. The van der Waals surface area contributed by atoms with Gasteiger partial charge in [0.1, 0.15) is 0 Å². The molecular weight excluding hydrogens is 278 g/mol. The van der Waals surface area contributed by atoms with Crippen molar-refractivity contribution < 1.29 is 18.3 Å². The average molecular weight is 299 g/mol. The number of nitrogens with one attached hydrogen (secondary N) is 1. The summed E-state index contributed by atoms with van der Waals surface area (Å²) in [5, 5.41) is 8.96. The Hall–Kier alpha value is -0.950. The number of hydrogen-bond donors (Lipinski definition) is 2. The maximum absolute atomic E-state index is 12.1. The van der Waals surface area contributed by atoms with Crippen LogP contribution in [0.3, 0.4) is 0 Å². The average Bonchev–Trinajstić information content (AvgIpc) is 2.92. The maximum Gasteiger partial charge on any atom is 0.216 e. The van der Waals surface area contributed by atoms with Crippen molar-refractivity contribution in [2.75, 3.05) is 6.61 Å². The van der Waals surface area contributed by atoms with Gasteiger partial charge in [0.2, 0.25) is 10.0 Å². The molecule has 1 heterocycles. The Labute approximate surface area is 120 Å². The Kier molecular flexibility index (Phi) is 5.15. The summed E-state index contributed by atoms with van der Waals surface area (Å²) in [6.45, 7) is 2.50. The lowest BCUT2D eigenvalue weighted by Gasteiger charge is -2.20. The number of aliphatic hydroxyl groups excluding tert-OH is 1. The smallest absolute Gasteiger partial charge is 0.216 e. The van der Waals surface area contributed by atoms with E-state index in [1.54, 1.807) is 24.3 Å². The molecule has 0 bridgehead atoms. The van der Waals surface area contributed by atoms with E-state index in [1.165, 1.54) is 0 Å². The lowest BCUT2D eigenvalue weighted by molar-refractivity contribution is 0.0902. The highest BCUT2D eigenvalue weighted by Gasteiger charge is 2.26. The molecule has 1 saturated heterocycles. The second-order valence-corrected chi connectivity index (χ2v) is 6.95. The molecule has 1 fully saturated rings. The molecule has 2 rings (SSSR count). The zero-order valence-corrected chi connectivity index (χ0v) is 12.4. The van der Waals surface area contributed by atoms with Crippen molar-refractivity contribution in [3.8, 4) is 0 Å². The van der Waals surface area contributed by atoms with Crippen LogP contribution in [0.5, 0.6) is 0 Å². The Morgan fingerprint density at radius 1 is 1.35 bits per heavy atom. The zero-order valence-electron chi connectivity index (χ0n) is 11.6. The summed E-state index contributed by atoms with van der Waals surface area (Å²) < 4.78 is 32.4. The molecule has 1 aliphatic heterocycles. The first-order valence-corrected chi connectivity index (χ1v) is 8.46. The van der Waals surface area contributed by atoms with E-state index in [4.69, 9.17) is 9.84 Å². The molecule has 6 heteroatoms. The Bertz CT molecular complexity index is 521. The molecule has 112 valence electrons. The molecule has 2 N–H and O–H groups in total. The van der Waals surface area contributed by atoms with Crippen LogP contribution in [0.1, 0.15) is 30.9 Å². The van der Waals surface area contributed by atoms with Gasteiger partial charge in [-0.1, -0.05) is 24.3 Å². The molecule has 0 amide bonds. The summed E-state index contributed by atoms with van der Waals surface area (Å²) in [6.07, 6.45) is 1.86. The van der Waals surface area contributed by atoms with Crippen molar-refractivity contribution in [3.05, 3.63) is 35.4 Å². The summed E-state index contributed by atoms with van der Waals surface area (Å²) in [6, 6.07) is 6.70. The molecule has 2 atom stereocenters. The maximum atomic E-state index is 12.1. The summed E-state index contributed by atoms with van der Waals surface area (Å²) in [4.78, 5) is 0. The van der Waals surface area contributed by atoms with Crippen LogP contribution in [0.4, 0.5) is 0 Å². The second kappa shape index (κ2) is 6.67. The number of rotatable bonds is 6. The monoisotopic (exact) mass is 299 g/mol. The van der Waals surface area contributed by atoms with Gasteiger partial charge in [0, 0.05) is 12.6 Å². The highest BCUT2D eigenvalue weighted by molar-refractivity contribution is 7.88. The molecular formula is C14H21NO4S. The van der Waals surface area contributed by atoms with E-state index >= 15 is 0 Å². The van der Waals surface area contributed by atoms with Crippen molar-refractivity contribution in [3.63, 3.8) is 0 Å². The number of sulfonamides is 1. The fourth-order valence-corrected chi connectivity index (χ4v) is 3.79. The summed E-state index contributed by atoms with van der Waals surface area (Å²) in [5.41, 5.74) is 1.47. The summed E-state index contributed by atoms with van der Waals surface area (Å²) >= 11 is 0. The number of aliphatic hydroxyl groups is 1. The van der Waals surface area contributed by atoms with Gasteiger partial charge in [-0.15, -0.1) is 0 Å². The quantitative estimate of drug-likeness (QED) is 0.826. The zero-order chi connectivity index (χ0) is 14.6. The van der Waals surface area contributed by atoms with E-state index in [0.29, 0.717) is 12.2 Å². The van der Waals surface area contributed by atoms with Crippen LogP contribution in [0.2, 0.25) is 0 Å². The molecule has 1 aliphatic rings. The third kappa shape index (κ3) is 4.28. The van der Waals surface area contributed by atoms with Gasteiger partial charge in [-0.2, -0.15) is 0 Å². The van der Waals surface area contributed by atoms with Gasteiger partial charge in [-0.3, -0.25) is 0 Å². The van der Waals surface area contributed by atoms with E-state index in [1.807, 2.05) is 6.92 Å². The molecule has 0 radical (unpaired) electrons. The van der Waals surface area contributed by atoms with Gasteiger partial charge < -0.3 is 9.84 Å². The standard InChI is InChI=1S/C14H21NO4S/c1-11(14-3-2-8-19-14)15-20(17,18)10-13-6-4-12(9-16)5-7-13/h4-7,11,14-16H,2-3,8-10H2,1H3. The highest BCUT2D eigenvalue weighted by Crippen LogP contribution is 2.16. The minimum Gasteiger partial charge on any atom is -0.392 e. The molecule has 0 spiro atoms. The predicted molar refractivity (Wildman–Crippen MR) is 76.6 cm³/mol. The number of benzene rings is 1. The van der Waals surface area contributed by atoms with Gasteiger partial charge in [0.25, 0.3) is 0 Å². The predicted octanol–water partition coefficient (Wildman–Crippen LogP) is 1.17. The third-order valence-corrected chi connectivity index (χ3v) is 4.89. The van der Waals surface area contributed by atoms with Crippen LogP contribution in [0.15, 0.2) is 24.3 Å². The van der Waals surface area contributed by atoms with Gasteiger partial charge in [0.15, 0.2) is 0 Å². The first kappa shape index (κ1) is 15.4. The minimum absolute atomic E-state index is 0.0264. The van der Waals surface area contributed by atoms with Crippen LogP contribution < -0.4 is 4.72 Å². The van der Waals surface area contributed by atoms with E-state index in [0.717, 1.165) is 18.4 Å². The van der Waals surface area contributed by atoms with Gasteiger partial charge in [-0.05, 0) is 30.9 Å². The molecule has 20 heavy (non-hydrogen) atoms. The van der Waals surface area contributed by atoms with Gasteiger partial charge >= 0.3 is 0 Å². The molecule has 1 aromatic rings. The Morgan fingerprint density at radius 2 is 2.00 bits per heavy atom. The molecule has 5 nitrogen and oxygen atoms in total. The van der Waals surface area contributed by atoms with Crippen molar-refractivity contribution in [2.24, 2.45) is 0 Å². The minimum atomic E-state index is -3.38. The van der Waals surface area contributed by atoms with Crippen LogP contribution in [0, 0.1) is 0 Å². The summed E-state index contributed by atoms with van der Waals surface area (Å²) in [7, 11) is -3.38. The van der Waals surface area contributed by atoms with Gasteiger partial charge in [0.05, 0.1) is 18.5 Å². The lowest BCUT2D eigenvalue weighted by Crippen LogP contribution is -2.41. The Balaban J connectivity index is 1.95. The SMILES string of the molecule is CC(NS(=O)(=O)Cc1ccc(CO)cc1)C1CCCO1. The van der Waals surface area contributed by atoms with Crippen LogP contribution >= 0.6 is 0 Å². The molecule has 0 aromatic heterocycles. The van der Waals surface area contributed by atoms with Crippen molar-refractivity contribution in [2.45, 2.75) is 44.3 Å². The largest absolute Gasteiger partial charge is 0.392 e. The third-order valence-electron chi connectivity index (χ3n) is 3.45. The van der Waals surface area contributed by atoms with E-state index in [9.17, 15) is 8.42 Å². The molecule has 0 saturated carbocycles. The van der Waals surface area contributed by atoms with Gasteiger partial charge in [-0.25, -0.2) is 13.1 Å². The highest BCUT2D eigenvalue weighted by atomic mass is 32.2. The van der Waals surface area contributed by atoms with Crippen molar-refractivity contribution in [1.82, 2.24) is 4.72 Å². The van der Waals surface area contributed by atoms with E-state index in [-0.39, 0.29) is 24.5 Å². The van der Waals surface area contributed by atoms with E-state index < -0.39 is 10.0 Å². The topological polar surface area (TPSA) is 75.6 Å². The Morgan fingerprint density at radius 3 is 2.55 bits per heavy atom. The van der Waals surface area contributed by atoms with Crippen molar-refractivity contribution >= 4 is 10.0 Å². The van der Waals surface area contributed by atoms with E-state index in [2.05, 4.69) is 4.72 Å². The van der Waals surface area contributed by atoms with Crippen LogP contribution in [0.25, 0.3) is 0 Å². The lowest BCUT2D eigenvalue weighted by atomic mass is 10.1. The van der Waals surface area contributed by atoms with Crippen LogP contribution in [-0.2, 0) is 27.1 Å². The first-order chi connectivity index (χ1) is 9.50. The summed E-state index contributed by atoms with van der Waals surface area (Å²) in [5.74, 6) is -0.0598. The second-order valence-electron chi connectivity index (χ2n) is 5.19. The normalized spacial score (nSPS) is 21.0. The number of hydrogen-bond acceptors (Lipinski definition) is 4. The molecule has 0 aliphatic carbocycles. The number of ether oxygens (including phenoxy) is 1. The first-order valence-electron chi connectivity index (χ1n) is 6.80. The van der Waals surface area contributed by atoms with Crippen LogP contribution in [-0.4, -0.2) is 32.3 Å². The van der Waals surface area contributed by atoms with Crippen molar-refractivity contribution in [1.29, 1.82) is 0 Å². The molecule has 1 aromatic carbocycles. The molecule has 2 unspecified atom stereocenters. The fraction of sp³-hybridized carbons (Fsp3) is 0.571.